The molecule has 0 aliphatic rings. The molecule has 0 saturated heterocycles. The van der Waals surface area contributed by atoms with Crippen molar-refractivity contribution in [3.8, 4) is 16.3 Å². The average Bonchev–Trinajstić information content (AvgIpc) is 3.07. The summed E-state index contributed by atoms with van der Waals surface area (Å²) in [6, 6.07) is 14.9. The number of nitrogens with zero attached hydrogens (tertiary/aromatic N) is 1. The Hall–Kier alpha value is -2.37. The Morgan fingerprint density at radius 3 is 2.50 bits per heavy atom. The molecule has 134 valence electrons. The number of rotatable bonds is 6. The number of carbonyl (C=O) groups is 1. The second-order valence-corrected chi connectivity index (χ2v) is 7.24. The van der Waals surface area contributed by atoms with Crippen LogP contribution in [0.25, 0.3) is 10.6 Å². The van der Waals surface area contributed by atoms with Crippen LogP contribution in [0.1, 0.15) is 24.2 Å². The highest BCUT2D eigenvalue weighted by atomic mass is 35.5. The molecule has 0 saturated carbocycles. The summed E-state index contributed by atoms with van der Waals surface area (Å²) in [5.41, 5.74) is 3.04. The van der Waals surface area contributed by atoms with Crippen LogP contribution in [-0.2, 0) is 4.79 Å². The van der Waals surface area contributed by atoms with Crippen LogP contribution in [0.5, 0.6) is 5.75 Å². The maximum atomic E-state index is 12.1. The summed E-state index contributed by atoms with van der Waals surface area (Å²) in [6.07, 6.45) is 0. The molecular weight excluding hydrogens is 368 g/mol. The lowest BCUT2D eigenvalue weighted by Crippen LogP contribution is -2.31. The first-order chi connectivity index (χ1) is 12.5. The number of benzene rings is 2. The van der Waals surface area contributed by atoms with Crippen molar-refractivity contribution in [3.63, 3.8) is 0 Å². The minimum atomic E-state index is -0.174. The molecule has 1 heterocycles. The zero-order valence-corrected chi connectivity index (χ0v) is 16.1. The summed E-state index contributed by atoms with van der Waals surface area (Å²) in [6.45, 7) is 3.86. The molecule has 3 rings (SSSR count). The Labute approximate surface area is 161 Å². The lowest BCUT2D eigenvalue weighted by molar-refractivity contribution is -0.123. The van der Waals surface area contributed by atoms with Gasteiger partial charge in [0, 0.05) is 21.7 Å². The number of amides is 1. The van der Waals surface area contributed by atoms with E-state index in [4.69, 9.17) is 16.3 Å². The van der Waals surface area contributed by atoms with E-state index in [0.717, 1.165) is 21.8 Å². The van der Waals surface area contributed by atoms with Gasteiger partial charge in [-0.15, -0.1) is 11.3 Å². The zero-order chi connectivity index (χ0) is 18.5. The van der Waals surface area contributed by atoms with E-state index in [-0.39, 0.29) is 18.6 Å². The second kappa shape index (κ2) is 8.34. The van der Waals surface area contributed by atoms with Crippen molar-refractivity contribution < 1.29 is 9.53 Å². The molecular formula is C20H19ClN2O2S. The first-order valence-electron chi connectivity index (χ1n) is 8.21. The molecule has 2 aromatic carbocycles. The van der Waals surface area contributed by atoms with E-state index >= 15 is 0 Å². The van der Waals surface area contributed by atoms with Crippen LogP contribution in [0.4, 0.5) is 0 Å². The number of hydrogen-bond donors (Lipinski definition) is 1. The average molecular weight is 387 g/mol. The fourth-order valence-corrected chi connectivity index (χ4v) is 3.38. The molecule has 1 atom stereocenters. The quantitative estimate of drug-likeness (QED) is 0.646. The van der Waals surface area contributed by atoms with Crippen LogP contribution < -0.4 is 10.1 Å². The Kier molecular flexibility index (Phi) is 5.91. The molecule has 1 amide bonds. The maximum absolute atomic E-state index is 12.1. The molecule has 26 heavy (non-hydrogen) atoms. The number of halogens is 1. The summed E-state index contributed by atoms with van der Waals surface area (Å²) in [4.78, 5) is 16.5. The van der Waals surface area contributed by atoms with Crippen LogP contribution in [0.15, 0.2) is 53.9 Å². The molecule has 1 N–H and O–H groups in total. The predicted molar refractivity (Wildman–Crippen MR) is 106 cm³/mol. The standard InChI is InChI=1S/C20H19ClN2O2S/c1-13-12-26-20(22-13)16-5-9-18(10-6-16)25-11-19(24)23-14(2)15-3-7-17(21)8-4-15/h3-10,12,14H,11H2,1-2H3,(H,23,24)/t14-/m1/s1. The van der Waals surface area contributed by atoms with Crippen LogP contribution in [0, 0.1) is 6.92 Å². The minimum Gasteiger partial charge on any atom is -0.484 e. The second-order valence-electron chi connectivity index (χ2n) is 5.95. The van der Waals surface area contributed by atoms with E-state index in [1.165, 1.54) is 0 Å². The largest absolute Gasteiger partial charge is 0.484 e. The summed E-state index contributed by atoms with van der Waals surface area (Å²) >= 11 is 7.49. The molecule has 0 aliphatic heterocycles. The number of carbonyl (C=O) groups excluding carboxylic acids is 1. The van der Waals surface area contributed by atoms with Gasteiger partial charge in [0.25, 0.3) is 5.91 Å². The molecule has 3 aromatic rings. The molecule has 6 heteroatoms. The summed E-state index contributed by atoms with van der Waals surface area (Å²) in [7, 11) is 0. The number of aryl methyl sites for hydroxylation is 1. The normalized spacial score (nSPS) is 11.8. The van der Waals surface area contributed by atoms with Gasteiger partial charge in [-0.3, -0.25) is 4.79 Å². The lowest BCUT2D eigenvalue weighted by Gasteiger charge is -2.15. The van der Waals surface area contributed by atoms with Gasteiger partial charge < -0.3 is 10.1 Å². The smallest absolute Gasteiger partial charge is 0.258 e. The van der Waals surface area contributed by atoms with Gasteiger partial charge in [-0.2, -0.15) is 0 Å². The first-order valence-corrected chi connectivity index (χ1v) is 9.47. The summed E-state index contributed by atoms with van der Waals surface area (Å²) < 4.78 is 5.57. The highest BCUT2D eigenvalue weighted by molar-refractivity contribution is 7.13. The van der Waals surface area contributed by atoms with Crippen molar-refractivity contribution in [2.75, 3.05) is 6.61 Å². The molecule has 0 spiro atoms. The molecule has 1 aromatic heterocycles. The van der Waals surface area contributed by atoms with E-state index in [1.807, 2.05) is 67.8 Å². The van der Waals surface area contributed by atoms with Gasteiger partial charge in [-0.05, 0) is 55.8 Å². The highest BCUT2D eigenvalue weighted by Crippen LogP contribution is 2.25. The van der Waals surface area contributed by atoms with Crippen molar-refractivity contribution in [3.05, 3.63) is 70.2 Å². The molecule has 0 aliphatic carbocycles. The van der Waals surface area contributed by atoms with Crippen molar-refractivity contribution in [2.45, 2.75) is 19.9 Å². The SMILES string of the molecule is Cc1csc(-c2ccc(OCC(=O)N[C@H](C)c3ccc(Cl)cc3)cc2)n1. The van der Waals surface area contributed by atoms with Crippen molar-refractivity contribution in [2.24, 2.45) is 0 Å². The fourth-order valence-electron chi connectivity index (χ4n) is 2.45. The van der Waals surface area contributed by atoms with Crippen LogP contribution in [-0.4, -0.2) is 17.5 Å². The number of thiazole rings is 1. The van der Waals surface area contributed by atoms with Gasteiger partial charge in [0.1, 0.15) is 10.8 Å². The van der Waals surface area contributed by atoms with Gasteiger partial charge in [-0.25, -0.2) is 4.98 Å². The van der Waals surface area contributed by atoms with Crippen molar-refractivity contribution >= 4 is 28.8 Å². The summed E-state index contributed by atoms with van der Waals surface area (Å²) in [5, 5.41) is 6.58. The Balaban J connectivity index is 1.51. The highest BCUT2D eigenvalue weighted by Gasteiger charge is 2.10. The zero-order valence-electron chi connectivity index (χ0n) is 14.5. The van der Waals surface area contributed by atoms with Gasteiger partial charge in [0.2, 0.25) is 0 Å². The topological polar surface area (TPSA) is 51.2 Å². The lowest BCUT2D eigenvalue weighted by atomic mass is 10.1. The van der Waals surface area contributed by atoms with E-state index in [1.54, 1.807) is 11.3 Å². The van der Waals surface area contributed by atoms with Gasteiger partial charge in [-0.1, -0.05) is 23.7 Å². The monoisotopic (exact) mass is 386 g/mol. The molecule has 4 nitrogen and oxygen atoms in total. The molecule has 0 fully saturated rings. The fraction of sp³-hybridized carbons (Fsp3) is 0.200. The Bertz CT molecular complexity index is 876. The van der Waals surface area contributed by atoms with Gasteiger partial charge in [0.15, 0.2) is 6.61 Å². The minimum absolute atomic E-state index is 0.0341. The van der Waals surface area contributed by atoms with E-state index < -0.39 is 0 Å². The third-order valence-corrected chi connectivity index (χ3v) is 5.10. The maximum Gasteiger partial charge on any atom is 0.258 e. The van der Waals surface area contributed by atoms with Crippen LogP contribution in [0.3, 0.4) is 0 Å². The van der Waals surface area contributed by atoms with Crippen LogP contribution >= 0.6 is 22.9 Å². The number of ether oxygens (including phenoxy) is 1. The molecule has 0 radical (unpaired) electrons. The van der Waals surface area contributed by atoms with Crippen molar-refractivity contribution in [1.29, 1.82) is 0 Å². The van der Waals surface area contributed by atoms with E-state index in [0.29, 0.717) is 10.8 Å². The third kappa shape index (κ3) is 4.84. The first kappa shape index (κ1) is 18.4. The number of aromatic nitrogens is 1. The number of hydrogen-bond acceptors (Lipinski definition) is 4. The molecule has 0 bridgehead atoms. The third-order valence-electron chi connectivity index (χ3n) is 3.84. The van der Waals surface area contributed by atoms with E-state index in [2.05, 4.69) is 10.3 Å². The van der Waals surface area contributed by atoms with Gasteiger partial charge in [0.05, 0.1) is 6.04 Å². The Morgan fingerprint density at radius 1 is 1.19 bits per heavy atom. The Morgan fingerprint density at radius 2 is 1.88 bits per heavy atom. The predicted octanol–water partition coefficient (Wildman–Crippen LogP) is 5.03. The van der Waals surface area contributed by atoms with Crippen LogP contribution in [0.2, 0.25) is 5.02 Å². The van der Waals surface area contributed by atoms with E-state index in [9.17, 15) is 4.79 Å². The van der Waals surface area contributed by atoms with Crippen molar-refractivity contribution in [1.82, 2.24) is 10.3 Å². The molecule has 0 unspecified atom stereocenters. The van der Waals surface area contributed by atoms with Gasteiger partial charge >= 0.3 is 0 Å². The summed E-state index contributed by atoms with van der Waals surface area (Å²) in [5.74, 6) is 0.475. The number of nitrogens with one attached hydrogen (secondary N) is 1.